The standard InChI is InChI=1S/C8H7ClN6O5.C7H8O3S/c9-5-1-2-6(14(17)18)7(15(19)20)4(5)3-11-12-8(10)13-16;1-6-2-4-7(5-3-6)11(8,9)10/h1-3,16H,(H3,10,12,13);2-5H,1H3,(H,8,9,10)/b11-3+;. The van der Waals surface area contributed by atoms with Crippen LogP contribution in [0.15, 0.2) is 51.5 Å². The highest BCUT2D eigenvalue weighted by Gasteiger charge is 2.29. The van der Waals surface area contributed by atoms with Crippen LogP contribution in [-0.4, -0.2) is 40.2 Å². The van der Waals surface area contributed by atoms with E-state index in [0.717, 1.165) is 23.9 Å². The summed E-state index contributed by atoms with van der Waals surface area (Å²) in [6.07, 6.45) is 0.817. The molecule has 0 unspecified atom stereocenters. The zero-order valence-corrected chi connectivity index (χ0v) is 17.1. The Morgan fingerprint density at radius 1 is 1.16 bits per heavy atom. The predicted octanol–water partition coefficient (Wildman–Crippen LogP) is 2.03. The van der Waals surface area contributed by atoms with Gasteiger partial charge in [-0.25, -0.2) is 5.48 Å². The maximum absolute atomic E-state index is 10.9. The van der Waals surface area contributed by atoms with Gasteiger partial charge in [0.1, 0.15) is 0 Å². The van der Waals surface area contributed by atoms with Gasteiger partial charge in [-0.05, 0) is 25.1 Å². The fraction of sp³-hybridized carbons (Fsp3) is 0.0667. The number of nitrogens with two attached hydrogens (primary N) is 1. The lowest BCUT2D eigenvalue weighted by Gasteiger charge is -2.00. The molecule has 0 radical (unpaired) electrons. The van der Waals surface area contributed by atoms with Crippen LogP contribution in [0.3, 0.4) is 0 Å². The quantitative estimate of drug-likeness (QED) is 0.162. The lowest BCUT2D eigenvalue weighted by atomic mass is 10.1. The molecular weight excluding hydrogens is 460 g/mol. The number of hydrogen-bond acceptors (Lipinski definition) is 9. The van der Waals surface area contributed by atoms with Gasteiger partial charge in [0.2, 0.25) is 5.96 Å². The first-order valence-corrected chi connectivity index (χ1v) is 9.62. The van der Waals surface area contributed by atoms with E-state index in [1.807, 2.05) is 6.92 Å². The maximum atomic E-state index is 10.9. The Morgan fingerprint density at radius 3 is 2.19 bits per heavy atom. The molecule has 2 aromatic rings. The maximum Gasteiger partial charge on any atom is 0.356 e. The average molecular weight is 475 g/mol. The fourth-order valence-corrected chi connectivity index (χ4v) is 2.60. The Hall–Kier alpha value is -3.66. The summed E-state index contributed by atoms with van der Waals surface area (Å²) in [5.74, 6) is -0.481. The minimum Gasteiger partial charge on any atom is -0.367 e. The lowest BCUT2D eigenvalue weighted by molar-refractivity contribution is -0.422. The molecule has 31 heavy (non-hydrogen) atoms. The Morgan fingerprint density at radius 2 is 1.74 bits per heavy atom. The van der Waals surface area contributed by atoms with E-state index in [1.165, 1.54) is 17.6 Å². The zero-order chi connectivity index (χ0) is 23.8. The van der Waals surface area contributed by atoms with Gasteiger partial charge in [0.25, 0.3) is 10.1 Å². The topological polar surface area (TPSA) is 224 Å². The number of aryl methyl sites for hydroxylation is 1. The van der Waals surface area contributed by atoms with Crippen LogP contribution in [0.1, 0.15) is 11.1 Å². The third kappa shape index (κ3) is 7.59. The van der Waals surface area contributed by atoms with Gasteiger partial charge in [0, 0.05) is 6.07 Å². The molecule has 0 saturated heterocycles. The molecule has 14 nitrogen and oxygen atoms in total. The van der Waals surface area contributed by atoms with Gasteiger partial charge in [-0.1, -0.05) is 29.3 Å². The van der Waals surface area contributed by atoms with E-state index in [2.05, 4.69) is 10.2 Å². The van der Waals surface area contributed by atoms with Crippen molar-refractivity contribution < 1.29 is 28.0 Å². The Kier molecular flexibility index (Phi) is 8.95. The molecule has 2 aromatic carbocycles. The van der Waals surface area contributed by atoms with E-state index < -0.39 is 37.3 Å². The molecule has 16 heteroatoms. The number of nitro benzene ring substituents is 2. The van der Waals surface area contributed by atoms with Gasteiger partial charge < -0.3 is 5.73 Å². The minimum absolute atomic E-state index is 0.0666. The summed E-state index contributed by atoms with van der Waals surface area (Å²) < 4.78 is 29.6. The number of halogens is 1. The van der Waals surface area contributed by atoms with E-state index in [9.17, 15) is 28.6 Å². The van der Waals surface area contributed by atoms with Crippen molar-refractivity contribution in [2.24, 2.45) is 15.9 Å². The highest BCUT2D eigenvalue weighted by Crippen LogP contribution is 2.34. The molecule has 0 fully saturated rings. The van der Waals surface area contributed by atoms with Crippen LogP contribution in [0.2, 0.25) is 5.02 Å². The highest BCUT2D eigenvalue weighted by molar-refractivity contribution is 7.85. The van der Waals surface area contributed by atoms with Gasteiger partial charge in [0.05, 0.1) is 31.5 Å². The molecule has 0 aromatic heterocycles. The highest BCUT2D eigenvalue weighted by atomic mass is 35.5. The molecule has 2 rings (SSSR count). The van der Waals surface area contributed by atoms with Crippen LogP contribution in [0, 0.1) is 27.2 Å². The summed E-state index contributed by atoms with van der Waals surface area (Å²) in [6.45, 7) is 1.84. The zero-order valence-electron chi connectivity index (χ0n) is 15.5. The van der Waals surface area contributed by atoms with Crippen molar-refractivity contribution in [3.05, 3.63) is 72.8 Å². The van der Waals surface area contributed by atoms with Gasteiger partial charge >= 0.3 is 11.4 Å². The van der Waals surface area contributed by atoms with Gasteiger partial charge in [-0.3, -0.25) is 30.0 Å². The van der Waals surface area contributed by atoms with Crippen molar-refractivity contribution in [3.8, 4) is 0 Å². The second kappa shape index (κ2) is 10.9. The van der Waals surface area contributed by atoms with Gasteiger partial charge in [0.15, 0.2) is 0 Å². The summed E-state index contributed by atoms with van der Waals surface area (Å²) in [6, 6.07) is 8.01. The molecule has 0 aliphatic carbocycles. The summed E-state index contributed by atoms with van der Waals surface area (Å²) in [5, 5.41) is 36.4. The molecule has 0 bridgehead atoms. The number of nitrogens with zero attached hydrogens (tertiary/aromatic N) is 4. The number of hydrogen-bond donors (Lipinski definition) is 4. The molecule has 0 spiro atoms. The van der Waals surface area contributed by atoms with Gasteiger partial charge in [-0.2, -0.15) is 13.5 Å². The Labute approximate surface area is 179 Å². The second-order valence-electron chi connectivity index (χ2n) is 5.47. The first-order chi connectivity index (χ1) is 14.4. The van der Waals surface area contributed by atoms with Crippen molar-refractivity contribution in [2.45, 2.75) is 11.8 Å². The number of benzene rings is 2. The van der Waals surface area contributed by atoms with Crippen molar-refractivity contribution in [1.82, 2.24) is 5.48 Å². The van der Waals surface area contributed by atoms with E-state index in [-0.39, 0.29) is 15.5 Å². The monoisotopic (exact) mass is 474 g/mol. The van der Waals surface area contributed by atoms with Crippen LogP contribution < -0.4 is 11.2 Å². The van der Waals surface area contributed by atoms with Crippen LogP contribution in [-0.2, 0) is 10.1 Å². The van der Waals surface area contributed by atoms with Crippen molar-refractivity contribution >= 4 is 45.3 Å². The first-order valence-electron chi connectivity index (χ1n) is 7.80. The van der Waals surface area contributed by atoms with E-state index in [1.54, 1.807) is 12.1 Å². The normalized spacial score (nSPS) is 11.5. The van der Waals surface area contributed by atoms with Crippen molar-refractivity contribution in [1.29, 1.82) is 0 Å². The van der Waals surface area contributed by atoms with E-state index in [4.69, 9.17) is 27.1 Å². The Balaban J connectivity index is 0.000000367. The second-order valence-corrected chi connectivity index (χ2v) is 7.30. The number of hydroxylamine groups is 1. The Bertz CT molecular complexity index is 1130. The van der Waals surface area contributed by atoms with E-state index >= 15 is 0 Å². The summed E-state index contributed by atoms with van der Waals surface area (Å²) in [7, 11) is -4.02. The van der Waals surface area contributed by atoms with E-state index in [0.29, 0.717) is 0 Å². The largest absolute Gasteiger partial charge is 0.367 e. The van der Waals surface area contributed by atoms with Crippen LogP contribution in [0.5, 0.6) is 0 Å². The summed E-state index contributed by atoms with van der Waals surface area (Å²) >= 11 is 5.74. The fourth-order valence-electron chi connectivity index (χ4n) is 1.92. The number of rotatable bonds is 5. The number of nitrogens with one attached hydrogen (secondary N) is 1. The third-order valence-electron chi connectivity index (χ3n) is 3.31. The molecule has 0 aliphatic heterocycles. The van der Waals surface area contributed by atoms with Crippen LogP contribution >= 0.6 is 11.6 Å². The molecule has 0 saturated carbocycles. The molecule has 0 aliphatic rings. The SMILES string of the molecule is Cc1ccc(S(=O)(=O)O)cc1.NC(=N/N=C/c1c(Cl)ccc([N+](=O)[O-])c1[N+](=O)[O-])NO. The van der Waals surface area contributed by atoms with Gasteiger partial charge in [-0.15, -0.1) is 5.10 Å². The lowest BCUT2D eigenvalue weighted by Crippen LogP contribution is -2.27. The smallest absolute Gasteiger partial charge is 0.356 e. The summed E-state index contributed by atoms with van der Waals surface area (Å²) in [5.41, 5.74) is 5.61. The van der Waals surface area contributed by atoms with Crippen LogP contribution in [0.25, 0.3) is 0 Å². The third-order valence-corrected chi connectivity index (χ3v) is 4.51. The first kappa shape index (κ1) is 25.4. The molecular formula is C15H15ClN6O8S. The molecule has 0 atom stereocenters. The van der Waals surface area contributed by atoms with Crippen LogP contribution in [0.4, 0.5) is 11.4 Å². The number of nitro groups is 2. The van der Waals surface area contributed by atoms with Crippen molar-refractivity contribution in [3.63, 3.8) is 0 Å². The number of guanidine groups is 1. The minimum atomic E-state index is -4.02. The molecule has 0 heterocycles. The average Bonchev–Trinajstić information content (AvgIpc) is 2.68. The molecule has 0 amide bonds. The molecule has 166 valence electrons. The molecule has 5 N–H and O–H groups in total. The predicted molar refractivity (Wildman–Crippen MR) is 110 cm³/mol. The summed E-state index contributed by atoms with van der Waals surface area (Å²) in [4.78, 5) is 19.7. The van der Waals surface area contributed by atoms with Crippen molar-refractivity contribution in [2.75, 3.05) is 0 Å².